The molecule has 1 aliphatic heterocycles. The molecule has 5 nitrogen and oxygen atoms in total. The van der Waals surface area contributed by atoms with E-state index < -0.39 is 0 Å². The van der Waals surface area contributed by atoms with Crippen LogP contribution in [0.3, 0.4) is 0 Å². The predicted molar refractivity (Wildman–Crippen MR) is 93.0 cm³/mol. The van der Waals surface area contributed by atoms with E-state index in [-0.39, 0.29) is 17.8 Å². The van der Waals surface area contributed by atoms with E-state index in [4.69, 9.17) is 10.1 Å². The molecule has 1 fully saturated rings. The van der Waals surface area contributed by atoms with Crippen molar-refractivity contribution in [2.75, 3.05) is 6.61 Å². The molecule has 2 aromatic rings. The van der Waals surface area contributed by atoms with Crippen molar-refractivity contribution in [2.45, 2.75) is 45.9 Å². The summed E-state index contributed by atoms with van der Waals surface area (Å²) in [5.41, 5.74) is 1.01. The zero-order valence-corrected chi connectivity index (χ0v) is 14.8. The Morgan fingerprint density at radius 1 is 1.55 bits per heavy atom. The van der Waals surface area contributed by atoms with Gasteiger partial charge in [-0.2, -0.15) is 0 Å². The van der Waals surface area contributed by atoms with Crippen LogP contribution in [0.15, 0.2) is 4.79 Å². The Kier molecular flexibility index (Phi) is 4.10. The van der Waals surface area contributed by atoms with Gasteiger partial charge in [-0.05, 0) is 32.8 Å². The molecule has 1 unspecified atom stereocenters. The molecule has 0 radical (unpaired) electrons. The van der Waals surface area contributed by atoms with Crippen molar-refractivity contribution < 1.29 is 4.74 Å². The Labute approximate surface area is 134 Å². The van der Waals surface area contributed by atoms with Crippen molar-refractivity contribution in [3.8, 4) is 0 Å². The lowest BCUT2D eigenvalue weighted by molar-refractivity contribution is -0.0593. The number of nitrogens with zero attached hydrogens (tertiary/aromatic N) is 2. The van der Waals surface area contributed by atoms with E-state index in [0.29, 0.717) is 6.54 Å². The molecule has 3 heterocycles. The lowest BCUT2D eigenvalue weighted by Gasteiger charge is -2.28. The number of fused-ring (bicyclic) bond motifs is 1. The third-order valence-electron chi connectivity index (χ3n) is 4.15. The first kappa shape index (κ1) is 15.7. The van der Waals surface area contributed by atoms with Crippen molar-refractivity contribution >= 4 is 36.6 Å². The SMILES string of the molecule is Cc1c(C=N)sc2c1c(=P)n(C(C)C)c(=O)n2CC1CCO1. The number of aryl methyl sites for hydroxylation is 1. The van der Waals surface area contributed by atoms with Gasteiger partial charge in [-0.1, -0.05) is 8.86 Å². The molecule has 0 spiro atoms. The van der Waals surface area contributed by atoms with E-state index in [9.17, 15) is 4.79 Å². The minimum Gasteiger partial charge on any atom is -0.376 e. The highest BCUT2D eigenvalue weighted by Crippen LogP contribution is 2.31. The first-order chi connectivity index (χ1) is 10.5. The van der Waals surface area contributed by atoms with Gasteiger partial charge in [0.2, 0.25) is 0 Å². The predicted octanol–water partition coefficient (Wildman–Crippen LogP) is 3.22. The summed E-state index contributed by atoms with van der Waals surface area (Å²) in [7, 11) is 3.67. The van der Waals surface area contributed by atoms with Crippen LogP contribution in [0.4, 0.5) is 0 Å². The van der Waals surface area contributed by atoms with E-state index in [1.807, 2.05) is 25.3 Å². The number of ether oxygens (including phenoxy) is 1. The summed E-state index contributed by atoms with van der Waals surface area (Å²) < 4.78 is 9.09. The van der Waals surface area contributed by atoms with Gasteiger partial charge in [-0.15, -0.1) is 11.3 Å². The molecule has 3 rings (SSSR count). The van der Waals surface area contributed by atoms with Gasteiger partial charge in [-0.25, -0.2) is 4.79 Å². The van der Waals surface area contributed by atoms with E-state index in [2.05, 4.69) is 8.86 Å². The maximum atomic E-state index is 12.9. The summed E-state index contributed by atoms with van der Waals surface area (Å²) in [5, 5.41) is 9.40. The standard InChI is InChI=1S/C15H20N3O2PS/c1-8(2)18-13(21)12-9(3)11(6-16)22-14(12)17(15(18)19)7-10-4-5-20-10/h6,8,10,16,21H,4-5,7H2,1-3H3. The third kappa shape index (κ3) is 2.30. The van der Waals surface area contributed by atoms with Gasteiger partial charge >= 0.3 is 5.69 Å². The van der Waals surface area contributed by atoms with Crippen molar-refractivity contribution in [3.05, 3.63) is 26.0 Å². The van der Waals surface area contributed by atoms with Gasteiger partial charge in [0, 0.05) is 24.2 Å². The molecule has 0 amide bonds. The molecule has 0 aliphatic carbocycles. The number of aromatic nitrogens is 2. The average molecular weight is 337 g/mol. The molecule has 22 heavy (non-hydrogen) atoms. The number of nitrogens with one attached hydrogen (secondary N) is 1. The molecule has 0 aromatic carbocycles. The summed E-state index contributed by atoms with van der Waals surface area (Å²) >= 11 is 1.50. The normalized spacial score (nSPS) is 17.9. The van der Waals surface area contributed by atoms with Crippen molar-refractivity contribution in [3.63, 3.8) is 0 Å². The number of hydrogen-bond donors (Lipinski definition) is 1. The first-order valence-corrected chi connectivity index (χ1v) is 8.72. The monoisotopic (exact) mass is 337 g/mol. The zero-order valence-electron chi connectivity index (χ0n) is 13.0. The van der Waals surface area contributed by atoms with Crippen molar-refractivity contribution in [1.29, 1.82) is 5.41 Å². The Balaban J connectivity index is 2.37. The molecule has 0 bridgehead atoms. The lowest BCUT2D eigenvalue weighted by Crippen LogP contribution is -2.39. The second-order valence-corrected chi connectivity index (χ2v) is 7.41. The molecule has 1 atom stereocenters. The van der Waals surface area contributed by atoms with Crippen LogP contribution in [-0.2, 0) is 11.3 Å². The maximum Gasteiger partial charge on any atom is 0.330 e. The van der Waals surface area contributed by atoms with Gasteiger partial charge < -0.3 is 10.1 Å². The summed E-state index contributed by atoms with van der Waals surface area (Å²) in [5.74, 6) is 0. The Hall–Kier alpha value is -1.23. The fraction of sp³-hybridized carbons (Fsp3) is 0.533. The third-order valence-corrected chi connectivity index (χ3v) is 5.90. The molecule has 2 aromatic heterocycles. The zero-order chi connectivity index (χ0) is 16.0. The molecular formula is C15H20N3O2PS. The Bertz CT molecular complexity index is 858. The van der Waals surface area contributed by atoms with Gasteiger partial charge in [0.05, 0.1) is 22.6 Å². The number of thiophene rings is 1. The maximum absolute atomic E-state index is 12.9. The van der Waals surface area contributed by atoms with Gasteiger partial charge in [0.25, 0.3) is 0 Å². The van der Waals surface area contributed by atoms with Crippen molar-refractivity contribution in [1.82, 2.24) is 9.13 Å². The fourth-order valence-corrected chi connectivity index (χ4v) is 4.71. The average Bonchev–Trinajstić information content (AvgIpc) is 2.73. The summed E-state index contributed by atoms with van der Waals surface area (Å²) in [6, 6.07) is 0.0562. The van der Waals surface area contributed by atoms with E-state index in [1.54, 1.807) is 4.57 Å². The number of rotatable bonds is 4. The quantitative estimate of drug-likeness (QED) is 0.688. The van der Waals surface area contributed by atoms with E-state index >= 15 is 0 Å². The minimum absolute atomic E-state index is 0.0271. The van der Waals surface area contributed by atoms with Gasteiger partial charge in [0.15, 0.2) is 0 Å². The molecule has 7 heteroatoms. The molecule has 1 saturated heterocycles. The Morgan fingerprint density at radius 3 is 2.73 bits per heavy atom. The van der Waals surface area contributed by atoms with Crippen LogP contribution in [0.5, 0.6) is 0 Å². The lowest BCUT2D eigenvalue weighted by atomic mass is 10.2. The van der Waals surface area contributed by atoms with Crippen LogP contribution in [-0.4, -0.2) is 28.1 Å². The largest absolute Gasteiger partial charge is 0.376 e. The summed E-state index contributed by atoms with van der Waals surface area (Å²) in [4.78, 5) is 14.7. The van der Waals surface area contributed by atoms with E-state index in [1.165, 1.54) is 17.6 Å². The fourth-order valence-electron chi connectivity index (χ4n) is 2.83. The minimum atomic E-state index is -0.0271. The van der Waals surface area contributed by atoms with Crippen LogP contribution in [0.1, 0.15) is 36.8 Å². The molecule has 118 valence electrons. The Morgan fingerprint density at radius 2 is 2.23 bits per heavy atom. The summed E-state index contributed by atoms with van der Waals surface area (Å²) in [6.07, 6.45) is 2.47. The van der Waals surface area contributed by atoms with E-state index in [0.717, 1.165) is 38.8 Å². The highest BCUT2D eigenvalue weighted by Gasteiger charge is 2.23. The smallest absolute Gasteiger partial charge is 0.330 e. The van der Waals surface area contributed by atoms with Crippen molar-refractivity contribution in [2.24, 2.45) is 0 Å². The summed E-state index contributed by atoms with van der Waals surface area (Å²) in [6.45, 7) is 7.35. The number of hydrogen-bond acceptors (Lipinski definition) is 4. The first-order valence-electron chi connectivity index (χ1n) is 7.40. The van der Waals surface area contributed by atoms with Crippen LogP contribution >= 0.6 is 20.2 Å². The second kappa shape index (κ2) is 5.76. The van der Waals surface area contributed by atoms with Crippen LogP contribution in [0.2, 0.25) is 0 Å². The molecule has 1 N–H and O–H groups in total. The van der Waals surface area contributed by atoms with Crippen LogP contribution in [0.25, 0.3) is 10.2 Å². The highest BCUT2D eigenvalue weighted by atomic mass is 32.1. The van der Waals surface area contributed by atoms with Crippen LogP contribution in [0, 0.1) is 17.4 Å². The van der Waals surface area contributed by atoms with Gasteiger partial charge in [-0.3, -0.25) is 9.13 Å². The topological polar surface area (TPSA) is 60.0 Å². The molecule has 1 aliphatic rings. The molecule has 0 saturated carbocycles. The van der Waals surface area contributed by atoms with Crippen LogP contribution < -0.4 is 5.69 Å². The second-order valence-electron chi connectivity index (χ2n) is 5.90. The van der Waals surface area contributed by atoms with Gasteiger partial charge in [0.1, 0.15) is 4.83 Å². The molecular weight excluding hydrogens is 317 g/mol. The highest BCUT2D eigenvalue weighted by molar-refractivity contribution is 7.20.